The van der Waals surface area contributed by atoms with Crippen molar-refractivity contribution < 1.29 is 19.4 Å². The van der Waals surface area contributed by atoms with E-state index in [0.717, 1.165) is 37.3 Å². The molecule has 0 aliphatic carbocycles. The number of nitrogens with zero attached hydrogens (tertiary/aromatic N) is 2. The number of rotatable bonds is 7. The first kappa shape index (κ1) is 24.0. The molecule has 0 aromatic heterocycles. The summed E-state index contributed by atoms with van der Waals surface area (Å²) >= 11 is 0. The fourth-order valence-electron chi connectivity index (χ4n) is 4.51. The van der Waals surface area contributed by atoms with Crippen molar-refractivity contribution in [3.63, 3.8) is 0 Å². The molecule has 180 valence electrons. The summed E-state index contributed by atoms with van der Waals surface area (Å²) in [5, 5.41) is 14.5. The predicted molar refractivity (Wildman–Crippen MR) is 132 cm³/mol. The lowest BCUT2D eigenvalue weighted by atomic mass is 9.94. The van der Waals surface area contributed by atoms with Gasteiger partial charge in [-0.05, 0) is 50.6 Å². The normalized spacial score (nSPS) is 20.8. The molecule has 0 radical (unpaired) electrons. The fourth-order valence-corrected chi connectivity index (χ4v) is 4.51. The van der Waals surface area contributed by atoms with E-state index in [1.165, 1.54) is 0 Å². The third kappa shape index (κ3) is 5.16. The van der Waals surface area contributed by atoms with E-state index in [-0.39, 0.29) is 17.4 Å². The molecule has 34 heavy (non-hydrogen) atoms. The van der Waals surface area contributed by atoms with E-state index < -0.39 is 17.7 Å². The van der Waals surface area contributed by atoms with Crippen LogP contribution in [0.1, 0.15) is 36.6 Å². The Kier molecular flexibility index (Phi) is 7.34. The van der Waals surface area contributed by atoms with Gasteiger partial charge in [-0.25, -0.2) is 0 Å². The topological polar surface area (TPSA) is 82.1 Å². The summed E-state index contributed by atoms with van der Waals surface area (Å²) in [4.78, 5) is 30.2. The Hall–Kier alpha value is -3.16. The second-order valence-corrected chi connectivity index (χ2v) is 9.19. The molecule has 0 bridgehead atoms. The van der Waals surface area contributed by atoms with E-state index in [2.05, 4.69) is 10.2 Å². The van der Waals surface area contributed by atoms with Crippen LogP contribution in [0.15, 0.2) is 54.1 Å². The number of hydrogen-bond acceptors (Lipinski definition) is 6. The van der Waals surface area contributed by atoms with Gasteiger partial charge < -0.3 is 20.1 Å². The molecule has 0 spiro atoms. The molecule has 2 N–H and O–H groups in total. The Labute approximate surface area is 201 Å². The number of likely N-dealkylation sites (tertiary alicyclic amines) is 1. The van der Waals surface area contributed by atoms with Crippen LogP contribution in [-0.2, 0) is 9.59 Å². The summed E-state index contributed by atoms with van der Waals surface area (Å²) in [7, 11) is 0. The lowest BCUT2D eigenvalue weighted by Gasteiger charge is -2.31. The van der Waals surface area contributed by atoms with Crippen LogP contribution in [0.5, 0.6) is 5.75 Å². The number of aliphatic hydroxyl groups excluding tert-OH is 1. The maximum Gasteiger partial charge on any atom is 0.295 e. The third-order valence-electron chi connectivity index (χ3n) is 6.30. The minimum absolute atomic E-state index is 0.0296. The van der Waals surface area contributed by atoms with Crippen LogP contribution >= 0.6 is 0 Å². The van der Waals surface area contributed by atoms with Crippen LogP contribution in [0.3, 0.4) is 0 Å². The minimum Gasteiger partial charge on any atom is -0.507 e. The van der Waals surface area contributed by atoms with E-state index in [9.17, 15) is 14.7 Å². The average molecular weight is 464 g/mol. The molecule has 2 aromatic carbocycles. The van der Waals surface area contributed by atoms with E-state index in [0.29, 0.717) is 24.4 Å². The molecule has 2 fully saturated rings. The fraction of sp³-hybridized carbons (Fsp3) is 0.407. The molecule has 2 saturated heterocycles. The number of aliphatic hydroxyl groups is 1. The van der Waals surface area contributed by atoms with E-state index in [1.54, 1.807) is 29.2 Å². The number of benzene rings is 2. The maximum absolute atomic E-state index is 13.2. The molecule has 0 saturated carbocycles. The summed E-state index contributed by atoms with van der Waals surface area (Å²) < 4.78 is 5.68. The SMILES string of the molecule is Cc1ccc([C@@H]2C(=C(O)c3ccc(OC(C)C)cc3)C(=O)C(=O)N2CCN2CCNCC2)cc1. The quantitative estimate of drug-likeness (QED) is 0.373. The lowest BCUT2D eigenvalue weighted by Crippen LogP contribution is -2.46. The van der Waals surface area contributed by atoms with Gasteiger partial charge in [-0.3, -0.25) is 14.5 Å². The van der Waals surface area contributed by atoms with Crippen LogP contribution in [-0.4, -0.2) is 72.0 Å². The zero-order valence-electron chi connectivity index (χ0n) is 20.1. The monoisotopic (exact) mass is 463 g/mol. The van der Waals surface area contributed by atoms with Gasteiger partial charge in [-0.15, -0.1) is 0 Å². The van der Waals surface area contributed by atoms with Crippen molar-refractivity contribution in [2.45, 2.75) is 32.9 Å². The molecular weight excluding hydrogens is 430 g/mol. The molecule has 2 aliphatic rings. The second-order valence-electron chi connectivity index (χ2n) is 9.19. The number of amides is 1. The van der Waals surface area contributed by atoms with Crippen molar-refractivity contribution >= 4 is 17.4 Å². The number of ketones is 1. The number of carbonyl (C=O) groups excluding carboxylic acids is 2. The molecule has 4 rings (SSSR count). The van der Waals surface area contributed by atoms with Crippen LogP contribution in [0.4, 0.5) is 0 Å². The Morgan fingerprint density at radius 3 is 2.29 bits per heavy atom. The molecule has 7 nitrogen and oxygen atoms in total. The highest BCUT2D eigenvalue weighted by Gasteiger charge is 2.46. The average Bonchev–Trinajstić information content (AvgIpc) is 3.08. The molecule has 2 aromatic rings. The van der Waals surface area contributed by atoms with Gasteiger partial charge in [-0.2, -0.15) is 0 Å². The Morgan fingerprint density at radius 2 is 1.68 bits per heavy atom. The Bertz CT molecular complexity index is 1050. The van der Waals surface area contributed by atoms with Gasteiger partial charge in [0.05, 0.1) is 17.7 Å². The largest absolute Gasteiger partial charge is 0.507 e. The molecule has 1 amide bonds. The summed E-state index contributed by atoms with van der Waals surface area (Å²) in [5.41, 5.74) is 2.51. The zero-order valence-corrected chi connectivity index (χ0v) is 20.1. The number of Topliss-reactive ketones (excluding diaryl/α,β-unsaturated/α-hetero) is 1. The summed E-state index contributed by atoms with van der Waals surface area (Å²) in [6.07, 6.45) is 0.0296. The molecule has 1 atom stereocenters. The molecule has 2 aliphatic heterocycles. The minimum atomic E-state index is -0.647. The maximum atomic E-state index is 13.2. The van der Waals surface area contributed by atoms with Crippen molar-refractivity contribution in [1.82, 2.24) is 15.1 Å². The molecular formula is C27H33N3O4. The first-order valence-electron chi connectivity index (χ1n) is 11.9. The highest BCUT2D eigenvalue weighted by atomic mass is 16.5. The highest BCUT2D eigenvalue weighted by molar-refractivity contribution is 6.46. The number of hydrogen-bond donors (Lipinski definition) is 2. The smallest absolute Gasteiger partial charge is 0.295 e. The van der Waals surface area contributed by atoms with Gasteiger partial charge in [0.1, 0.15) is 11.5 Å². The molecule has 0 unspecified atom stereocenters. The third-order valence-corrected chi connectivity index (χ3v) is 6.30. The van der Waals surface area contributed by atoms with Gasteiger partial charge in [0, 0.05) is 44.8 Å². The van der Waals surface area contributed by atoms with E-state index in [4.69, 9.17) is 4.74 Å². The molecule has 2 heterocycles. The number of carbonyl (C=O) groups is 2. The molecule has 7 heteroatoms. The number of aryl methyl sites for hydroxylation is 1. The first-order valence-corrected chi connectivity index (χ1v) is 11.9. The van der Waals surface area contributed by atoms with Crippen LogP contribution in [0.25, 0.3) is 5.76 Å². The van der Waals surface area contributed by atoms with Crippen LogP contribution in [0.2, 0.25) is 0 Å². The Balaban J connectivity index is 1.69. The number of nitrogens with one attached hydrogen (secondary N) is 1. The number of ether oxygens (including phenoxy) is 1. The van der Waals surface area contributed by atoms with Crippen LogP contribution in [0, 0.1) is 6.92 Å². The van der Waals surface area contributed by atoms with Gasteiger partial charge in [0.25, 0.3) is 11.7 Å². The van der Waals surface area contributed by atoms with Crippen molar-refractivity contribution in [1.29, 1.82) is 0 Å². The Morgan fingerprint density at radius 1 is 1.03 bits per heavy atom. The van der Waals surface area contributed by atoms with Crippen LogP contribution < -0.4 is 10.1 Å². The number of piperazine rings is 1. The highest BCUT2D eigenvalue weighted by Crippen LogP contribution is 2.39. The van der Waals surface area contributed by atoms with Gasteiger partial charge >= 0.3 is 0 Å². The standard InChI is InChI=1S/C27H33N3O4/c1-18(2)34-22-10-8-21(9-11-22)25(31)23-24(20-6-4-19(3)5-7-20)30(27(33)26(23)32)17-16-29-14-12-28-13-15-29/h4-11,18,24,28,31H,12-17H2,1-3H3/t24-/m1/s1. The summed E-state index contributed by atoms with van der Waals surface area (Å²) in [6, 6.07) is 14.1. The summed E-state index contributed by atoms with van der Waals surface area (Å²) in [6.45, 7) is 10.6. The zero-order chi connectivity index (χ0) is 24.2. The second kappa shape index (κ2) is 10.4. The van der Waals surface area contributed by atoms with Crippen molar-refractivity contribution in [3.05, 3.63) is 70.8 Å². The van der Waals surface area contributed by atoms with Gasteiger partial charge in [-0.1, -0.05) is 29.8 Å². The van der Waals surface area contributed by atoms with Gasteiger partial charge in [0.15, 0.2) is 0 Å². The van der Waals surface area contributed by atoms with E-state index >= 15 is 0 Å². The predicted octanol–water partition coefficient (Wildman–Crippen LogP) is 3.11. The van der Waals surface area contributed by atoms with Crippen molar-refractivity contribution in [2.75, 3.05) is 39.3 Å². The van der Waals surface area contributed by atoms with Crippen molar-refractivity contribution in [3.8, 4) is 5.75 Å². The lowest BCUT2D eigenvalue weighted by molar-refractivity contribution is -0.140. The summed E-state index contributed by atoms with van der Waals surface area (Å²) in [5.74, 6) is -0.698. The van der Waals surface area contributed by atoms with E-state index in [1.807, 2.05) is 45.0 Å². The van der Waals surface area contributed by atoms with Gasteiger partial charge in [0.2, 0.25) is 0 Å². The van der Waals surface area contributed by atoms with Crippen molar-refractivity contribution in [2.24, 2.45) is 0 Å². The first-order chi connectivity index (χ1) is 16.3.